The molecule has 4 N–H and O–H groups in total. The molecule has 0 aromatic heterocycles. The van der Waals surface area contributed by atoms with E-state index in [2.05, 4.69) is 13.8 Å². The molecule has 0 saturated heterocycles. The predicted molar refractivity (Wildman–Crippen MR) is 79.9 cm³/mol. The Labute approximate surface area is 109 Å². The summed E-state index contributed by atoms with van der Waals surface area (Å²) >= 11 is 0. The Bertz CT molecular complexity index is 129. The van der Waals surface area contributed by atoms with Gasteiger partial charge < -0.3 is 11.5 Å². The number of rotatable bonds is 11. The number of nitrogens with two attached hydrogens (primary N) is 2. The van der Waals surface area contributed by atoms with E-state index in [1.807, 2.05) is 21.6 Å². The summed E-state index contributed by atoms with van der Waals surface area (Å²) < 4.78 is 0. The van der Waals surface area contributed by atoms with Gasteiger partial charge in [-0.05, 0) is 38.5 Å². The van der Waals surface area contributed by atoms with Crippen LogP contribution in [-0.4, -0.2) is 23.6 Å². The van der Waals surface area contributed by atoms with E-state index in [-0.39, 0.29) is 0 Å². The molecule has 0 amide bonds. The first-order chi connectivity index (χ1) is 7.70. The molecule has 0 aliphatic carbocycles. The third kappa shape index (κ3) is 11.1. The van der Waals surface area contributed by atoms with Crippen molar-refractivity contribution in [2.24, 2.45) is 11.5 Å². The maximum atomic E-state index is 5.85. The fraction of sp³-hybridized carbons (Fsp3) is 1.00. The topological polar surface area (TPSA) is 52.0 Å². The molecule has 0 aliphatic rings. The summed E-state index contributed by atoms with van der Waals surface area (Å²) in [6.07, 6.45) is 7.05. The fourth-order valence-corrected chi connectivity index (χ4v) is 3.55. The average Bonchev–Trinajstić information content (AvgIpc) is 2.31. The van der Waals surface area contributed by atoms with E-state index in [1.54, 1.807) is 0 Å². The summed E-state index contributed by atoms with van der Waals surface area (Å²) in [4.78, 5) is 0. The molecule has 0 saturated carbocycles. The van der Waals surface area contributed by atoms with Gasteiger partial charge in [0, 0.05) is 23.6 Å². The van der Waals surface area contributed by atoms with Crippen molar-refractivity contribution in [2.75, 3.05) is 11.5 Å². The molecule has 0 bridgehead atoms. The molecule has 0 spiro atoms. The highest BCUT2D eigenvalue weighted by molar-refractivity contribution is 8.76. The summed E-state index contributed by atoms with van der Waals surface area (Å²) in [5, 5.41) is 0. The Morgan fingerprint density at radius 2 is 1.19 bits per heavy atom. The van der Waals surface area contributed by atoms with Crippen LogP contribution >= 0.6 is 21.6 Å². The molecule has 4 heteroatoms. The minimum Gasteiger partial charge on any atom is -0.328 e. The lowest BCUT2D eigenvalue weighted by Gasteiger charge is -2.08. The molecule has 0 rings (SSSR count). The Balaban J connectivity index is 3.04. The lowest BCUT2D eigenvalue weighted by molar-refractivity contribution is 0.589. The van der Waals surface area contributed by atoms with Crippen LogP contribution in [0.2, 0.25) is 0 Å². The van der Waals surface area contributed by atoms with E-state index in [1.165, 1.54) is 37.2 Å². The molecule has 0 radical (unpaired) electrons. The van der Waals surface area contributed by atoms with Gasteiger partial charge in [-0.3, -0.25) is 0 Å². The maximum Gasteiger partial charge on any atom is 0.00375 e. The third-order valence-corrected chi connectivity index (χ3v) is 5.31. The van der Waals surface area contributed by atoms with Gasteiger partial charge in [0.05, 0.1) is 0 Å². The quantitative estimate of drug-likeness (QED) is 0.443. The van der Waals surface area contributed by atoms with E-state index >= 15 is 0 Å². The Hall–Kier alpha value is 0.620. The van der Waals surface area contributed by atoms with Crippen LogP contribution in [0.15, 0.2) is 0 Å². The summed E-state index contributed by atoms with van der Waals surface area (Å²) in [6.45, 7) is 4.31. The van der Waals surface area contributed by atoms with Crippen LogP contribution < -0.4 is 11.5 Å². The zero-order chi connectivity index (χ0) is 12.2. The van der Waals surface area contributed by atoms with Crippen molar-refractivity contribution in [2.45, 2.75) is 64.5 Å². The maximum absolute atomic E-state index is 5.85. The Morgan fingerprint density at radius 1 is 0.812 bits per heavy atom. The minimum atomic E-state index is 0.410. The second-order valence-corrected chi connectivity index (χ2v) is 6.97. The van der Waals surface area contributed by atoms with Crippen molar-refractivity contribution in [3.63, 3.8) is 0 Å². The van der Waals surface area contributed by atoms with Crippen molar-refractivity contribution in [1.29, 1.82) is 0 Å². The van der Waals surface area contributed by atoms with Crippen LogP contribution in [0, 0.1) is 0 Å². The van der Waals surface area contributed by atoms with E-state index in [0.29, 0.717) is 12.1 Å². The smallest absolute Gasteiger partial charge is 0.00375 e. The van der Waals surface area contributed by atoms with Crippen molar-refractivity contribution >= 4 is 21.6 Å². The molecule has 0 aliphatic heterocycles. The van der Waals surface area contributed by atoms with E-state index in [4.69, 9.17) is 11.5 Å². The highest BCUT2D eigenvalue weighted by atomic mass is 33.1. The van der Waals surface area contributed by atoms with Crippen LogP contribution in [0.25, 0.3) is 0 Å². The van der Waals surface area contributed by atoms with Gasteiger partial charge in [-0.15, -0.1) is 0 Å². The summed E-state index contributed by atoms with van der Waals surface area (Å²) in [6, 6.07) is 0.821. The highest BCUT2D eigenvalue weighted by Crippen LogP contribution is 2.24. The molecule has 2 atom stereocenters. The van der Waals surface area contributed by atoms with Gasteiger partial charge >= 0.3 is 0 Å². The molecular formula is C12H28N2S2. The molecule has 98 valence electrons. The second-order valence-electron chi connectivity index (χ2n) is 4.27. The van der Waals surface area contributed by atoms with Crippen molar-refractivity contribution in [1.82, 2.24) is 0 Å². The SMILES string of the molecule is CCC(N)CCCSSCCCC(N)CC. The molecule has 0 heterocycles. The second kappa shape index (κ2) is 12.1. The molecule has 16 heavy (non-hydrogen) atoms. The normalized spacial score (nSPS) is 15.0. The standard InChI is InChI=1S/C12H28N2S2/c1-3-11(13)7-5-9-15-16-10-6-8-12(14)4-2/h11-12H,3-10,13-14H2,1-2H3. The van der Waals surface area contributed by atoms with Crippen LogP contribution in [0.1, 0.15) is 52.4 Å². The van der Waals surface area contributed by atoms with Crippen molar-refractivity contribution in [3.05, 3.63) is 0 Å². The predicted octanol–water partition coefficient (Wildman–Crippen LogP) is 3.40. The van der Waals surface area contributed by atoms with Crippen molar-refractivity contribution in [3.8, 4) is 0 Å². The van der Waals surface area contributed by atoms with Gasteiger partial charge in [0.25, 0.3) is 0 Å². The lowest BCUT2D eigenvalue weighted by atomic mass is 10.1. The summed E-state index contributed by atoms with van der Waals surface area (Å²) in [5.74, 6) is 2.47. The number of hydrogen-bond acceptors (Lipinski definition) is 4. The minimum absolute atomic E-state index is 0.410. The monoisotopic (exact) mass is 264 g/mol. The largest absolute Gasteiger partial charge is 0.328 e. The summed E-state index contributed by atoms with van der Waals surface area (Å²) in [5.41, 5.74) is 11.7. The van der Waals surface area contributed by atoms with Gasteiger partial charge in [0.1, 0.15) is 0 Å². The van der Waals surface area contributed by atoms with E-state index in [0.717, 1.165) is 12.8 Å². The summed E-state index contributed by atoms with van der Waals surface area (Å²) in [7, 11) is 3.97. The molecule has 0 aromatic carbocycles. The lowest BCUT2D eigenvalue weighted by Crippen LogP contribution is -2.18. The van der Waals surface area contributed by atoms with Gasteiger partial charge in [-0.25, -0.2) is 0 Å². The zero-order valence-corrected chi connectivity index (χ0v) is 12.4. The van der Waals surface area contributed by atoms with Crippen LogP contribution in [-0.2, 0) is 0 Å². The van der Waals surface area contributed by atoms with Crippen molar-refractivity contribution < 1.29 is 0 Å². The Kier molecular flexibility index (Phi) is 12.6. The first kappa shape index (κ1) is 16.6. The van der Waals surface area contributed by atoms with Gasteiger partial charge in [0.2, 0.25) is 0 Å². The van der Waals surface area contributed by atoms with E-state index < -0.39 is 0 Å². The van der Waals surface area contributed by atoms with Crippen LogP contribution in [0.5, 0.6) is 0 Å². The first-order valence-electron chi connectivity index (χ1n) is 6.46. The van der Waals surface area contributed by atoms with Gasteiger partial charge in [-0.2, -0.15) is 0 Å². The zero-order valence-electron chi connectivity index (χ0n) is 10.8. The first-order valence-corrected chi connectivity index (χ1v) is 8.95. The molecule has 2 unspecified atom stereocenters. The Morgan fingerprint density at radius 3 is 1.50 bits per heavy atom. The fourth-order valence-electron chi connectivity index (χ4n) is 1.33. The van der Waals surface area contributed by atoms with Crippen LogP contribution in [0.3, 0.4) is 0 Å². The molecule has 0 aromatic rings. The molecular weight excluding hydrogens is 236 g/mol. The molecule has 2 nitrogen and oxygen atoms in total. The molecule has 0 fully saturated rings. The average molecular weight is 265 g/mol. The van der Waals surface area contributed by atoms with E-state index in [9.17, 15) is 0 Å². The highest BCUT2D eigenvalue weighted by Gasteiger charge is 2.00. The number of hydrogen-bond donors (Lipinski definition) is 2. The van der Waals surface area contributed by atoms with Gasteiger partial charge in [0.15, 0.2) is 0 Å². The third-order valence-electron chi connectivity index (χ3n) is 2.74. The van der Waals surface area contributed by atoms with Gasteiger partial charge in [-0.1, -0.05) is 35.4 Å². The van der Waals surface area contributed by atoms with Crippen LogP contribution in [0.4, 0.5) is 0 Å².